The van der Waals surface area contributed by atoms with E-state index in [2.05, 4.69) is 5.32 Å². The van der Waals surface area contributed by atoms with Crippen molar-refractivity contribution < 1.29 is 18.3 Å². The second-order valence-corrected chi connectivity index (χ2v) is 9.07. The minimum Gasteiger partial charge on any atom is -0.508 e. The maximum Gasteiger partial charge on any atom is 0.251 e. The SMILES string of the molecule is CC(NC(=O)c1cccc(S(=O)(=O)N2CCCCCC2)c1)c1cccc(O)c1. The summed E-state index contributed by atoms with van der Waals surface area (Å²) >= 11 is 0. The van der Waals surface area contributed by atoms with Gasteiger partial charge in [-0.05, 0) is 55.7 Å². The molecule has 2 N–H and O–H groups in total. The molecule has 3 rings (SSSR count). The van der Waals surface area contributed by atoms with Crippen LogP contribution in [0.1, 0.15) is 54.6 Å². The molecule has 0 radical (unpaired) electrons. The Morgan fingerprint density at radius 2 is 1.71 bits per heavy atom. The van der Waals surface area contributed by atoms with Crippen molar-refractivity contribution in [2.75, 3.05) is 13.1 Å². The minimum atomic E-state index is -3.61. The summed E-state index contributed by atoms with van der Waals surface area (Å²) in [6.07, 6.45) is 3.81. The lowest BCUT2D eigenvalue weighted by atomic mass is 10.1. The van der Waals surface area contributed by atoms with E-state index in [9.17, 15) is 18.3 Å². The first kappa shape index (κ1) is 20.4. The Morgan fingerprint density at radius 1 is 1.04 bits per heavy atom. The van der Waals surface area contributed by atoms with Gasteiger partial charge in [-0.2, -0.15) is 4.31 Å². The van der Waals surface area contributed by atoms with E-state index in [4.69, 9.17) is 0 Å². The van der Waals surface area contributed by atoms with Gasteiger partial charge in [0.2, 0.25) is 10.0 Å². The molecule has 6 nitrogen and oxygen atoms in total. The average molecular weight is 403 g/mol. The number of phenols is 1. The lowest BCUT2D eigenvalue weighted by molar-refractivity contribution is 0.0939. The van der Waals surface area contributed by atoms with Gasteiger partial charge < -0.3 is 10.4 Å². The number of benzene rings is 2. The molecule has 0 aliphatic carbocycles. The number of hydrogen-bond acceptors (Lipinski definition) is 4. The smallest absolute Gasteiger partial charge is 0.251 e. The number of amides is 1. The molecule has 1 amide bonds. The number of carbonyl (C=O) groups is 1. The summed E-state index contributed by atoms with van der Waals surface area (Å²) < 4.78 is 27.4. The third-order valence-electron chi connectivity index (χ3n) is 5.02. The van der Waals surface area contributed by atoms with Crippen LogP contribution < -0.4 is 5.32 Å². The van der Waals surface area contributed by atoms with Gasteiger partial charge in [-0.1, -0.05) is 31.0 Å². The molecule has 0 spiro atoms. The highest BCUT2D eigenvalue weighted by atomic mass is 32.2. The van der Waals surface area contributed by atoms with Crippen LogP contribution in [-0.2, 0) is 10.0 Å². The van der Waals surface area contributed by atoms with Crippen molar-refractivity contribution in [3.8, 4) is 5.75 Å². The molecule has 2 aromatic carbocycles. The van der Waals surface area contributed by atoms with E-state index in [-0.39, 0.29) is 22.6 Å². The zero-order valence-corrected chi connectivity index (χ0v) is 16.8. The third-order valence-corrected chi connectivity index (χ3v) is 6.91. The molecule has 0 saturated carbocycles. The Hall–Kier alpha value is -2.38. The van der Waals surface area contributed by atoms with Gasteiger partial charge in [0.25, 0.3) is 5.91 Å². The Bertz CT molecular complexity index is 935. The van der Waals surface area contributed by atoms with Gasteiger partial charge in [-0.25, -0.2) is 8.42 Å². The van der Waals surface area contributed by atoms with E-state index in [0.29, 0.717) is 18.7 Å². The van der Waals surface area contributed by atoms with Crippen LogP contribution in [-0.4, -0.2) is 36.8 Å². The Balaban J connectivity index is 1.77. The van der Waals surface area contributed by atoms with Crippen molar-refractivity contribution in [3.63, 3.8) is 0 Å². The van der Waals surface area contributed by atoms with E-state index in [1.165, 1.54) is 16.4 Å². The average Bonchev–Trinajstić information content (AvgIpc) is 2.98. The van der Waals surface area contributed by atoms with Crippen LogP contribution in [0.15, 0.2) is 53.4 Å². The van der Waals surface area contributed by atoms with Gasteiger partial charge >= 0.3 is 0 Å². The number of nitrogens with one attached hydrogen (secondary N) is 1. The fourth-order valence-corrected chi connectivity index (χ4v) is 4.95. The van der Waals surface area contributed by atoms with Crippen molar-refractivity contribution in [1.82, 2.24) is 9.62 Å². The molecule has 1 fully saturated rings. The summed E-state index contributed by atoms with van der Waals surface area (Å²) in [5.74, 6) is -0.229. The number of aromatic hydroxyl groups is 1. The Labute approximate surface area is 166 Å². The third kappa shape index (κ3) is 4.72. The lowest BCUT2D eigenvalue weighted by Crippen LogP contribution is -2.32. The van der Waals surface area contributed by atoms with Crippen molar-refractivity contribution >= 4 is 15.9 Å². The van der Waals surface area contributed by atoms with Gasteiger partial charge in [0.05, 0.1) is 10.9 Å². The van der Waals surface area contributed by atoms with Crippen LogP contribution in [0.4, 0.5) is 0 Å². The molecular formula is C21H26N2O4S. The summed E-state index contributed by atoms with van der Waals surface area (Å²) in [6, 6.07) is 12.5. The summed E-state index contributed by atoms with van der Waals surface area (Å²) in [5.41, 5.74) is 1.06. The lowest BCUT2D eigenvalue weighted by Gasteiger charge is -2.20. The Kier molecular flexibility index (Phi) is 6.36. The fourth-order valence-electron chi connectivity index (χ4n) is 3.39. The number of nitrogens with zero attached hydrogens (tertiary/aromatic N) is 1. The predicted molar refractivity (Wildman–Crippen MR) is 108 cm³/mol. The van der Waals surface area contributed by atoms with E-state index < -0.39 is 10.0 Å². The number of carbonyl (C=O) groups excluding carboxylic acids is 1. The summed E-state index contributed by atoms with van der Waals surface area (Å²) in [5, 5.41) is 12.4. The second kappa shape index (κ2) is 8.75. The molecule has 1 aliphatic heterocycles. The first-order valence-corrected chi connectivity index (χ1v) is 11.0. The standard InChI is InChI=1S/C21H26N2O4S/c1-16(17-8-6-10-19(24)14-17)22-21(25)18-9-7-11-20(15-18)28(26,27)23-12-4-2-3-5-13-23/h6-11,14-16,24H,2-5,12-13H2,1H3,(H,22,25). The fraction of sp³-hybridized carbons (Fsp3) is 0.381. The van der Waals surface area contributed by atoms with Crippen LogP contribution in [0, 0.1) is 0 Å². The molecule has 0 aromatic heterocycles. The predicted octanol–water partition coefficient (Wildman–Crippen LogP) is 3.45. The van der Waals surface area contributed by atoms with Crippen LogP contribution in [0.3, 0.4) is 0 Å². The first-order valence-electron chi connectivity index (χ1n) is 9.58. The summed E-state index contributed by atoms with van der Waals surface area (Å²) in [6.45, 7) is 2.85. The van der Waals surface area contributed by atoms with E-state index in [1.807, 2.05) is 13.0 Å². The van der Waals surface area contributed by atoms with Gasteiger partial charge in [-0.15, -0.1) is 0 Å². The first-order chi connectivity index (χ1) is 13.4. The van der Waals surface area contributed by atoms with Gasteiger partial charge in [-0.3, -0.25) is 4.79 Å². The number of hydrogen-bond donors (Lipinski definition) is 2. The van der Waals surface area contributed by atoms with Crippen molar-refractivity contribution in [1.29, 1.82) is 0 Å². The molecule has 1 saturated heterocycles. The zero-order chi connectivity index (χ0) is 20.1. The quantitative estimate of drug-likeness (QED) is 0.802. The Morgan fingerprint density at radius 3 is 2.39 bits per heavy atom. The van der Waals surface area contributed by atoms with E-state index >= 15 is 0 Å². The second-order valence-electron chi connectivity index (χ2n) is 7.14. The van der Waals surface area contributed by atoms with Crippen LogP contribution in [0.5, 0.6) is 5.75 Å². The summed E-state index contributed by atoms with van der Waals surface area (Å²) in [7, 11) is -3.61. The largest absolute Gasteiger partial charge is 0.508 e. The highest BCUT2D eigenvalue weighted by molar-refractivity contribution is 7.89. The monoisotopic (exact) mass is 402 g/mol. The molecule has 28 heavy (non-hydrogen) atoms. The van der Waals surface area contributed by atoms with E-state index in [1.54, 1.807) is 30.3 Å². The highest BCUT2D eigenvalue weighted by Crippen LogP contribution is 2.22. The molecule has 150 valence electrons. The van der Waals surface area contributed by atoms with Crippen LogP contribution >= 0.6 is 0 Å². The number of rotatable bonds is 5. The molecule has 1 aliphatic rings. The molecular weight excluding hydrogens is 376 g/mol. The van der Waals surface area contributed by atoms with Crippen LogP contribution in [0.2, 0.25) is 0 Å². The maximum absolute atomic E-state index is 13.0. The molecule has 2 aromatic rings. The molecule has 0 bridgehead atoms. The molecule has 7 heteroatoms. The number of sulfonamides is 1. The van der Waals surface area contributed by atoms with Gasteiger partial charge in [0.1, 0.15) is 5.75 Å². The zero-order valence-electron chi connectivity index (χ0n) is 16.0. The molecule has 1 unspecified atom stereocenters. The maximum atomic E-state index is 13.0. The topological polar surface area (TPSA) is 86.7 Å². The van der Waals surface area contributed by atoms with Gasteiger partial charge in [0, 0.05) is 18.7 Å². The number of phenolic OH excluding ortho intramolecular Hbond substituents is 1. The molecule has 1 atom stereocenters. The van der Waals surface area contributed by atoms with Crippen LogP contribution in [0.25, 0.3) is 0 Å². The van der Waals surface area contributed by atoms with Crippen molar-refractivity contribution in [2.45, 2.75) is 43.5 Å². The normalized spacial score (nSPS) is 16.9. The molecule has 1 heterocycles. The highest BCUT2D eigenvalue weighted by Gasteiger charge is 2.26. The van der Waals surface area contributed by atoms with E-state index in [0.717, 1.165) is 31.2 Å². The summed E-state index contributed by atoms with van der Waals surface area (Å²) in [4.78, 5) is 12.8. The van der Waals surface area contributed by atoms with Crippen molar-refractivity contribution in [3.05, 3.63) is 59.7 Å². The minimum absolute atomic E-state index is 0.129. The van der Waals surface area contributed by atoms with Crippen molar-refractivity contribution in [2.24, 2.45) is 0 Å². The van der Waals surface area contributed by atoms with Gasteiger partial charge in [0.15, 0.2) is 0 Å².